The molecule has 2 fully saturated rings. The molecule has 7 nitrogen and oxygen atoms in total. The van der Waals surface area contributed by atoms with Gasteiger partial charge in [-0.2, -0.15) is 0 Å². The van der Waals surface area contributed by atoms with Crippen molar-refractivity contribution in [2.24, 2.45) is 5.73 Å². The van der Waals surface area contributed by atoms with E-state index in [-0.39, 0.29) is 18.0 Å². The third-order valence-corrected chi connectivity index (χ3v) is 4.17. The van der Waals surface area contributed by atoms with Gasteiger partial charge in [-0.3, -0.25) is 9.69 Å². The van der Waals surface area contributed by atoms with Crippen LogP contribution in [0, 0.1) is 0 Å². The Balaban J connectivity index is 1.65. The highest BCUT2D eigenvalue weighted by Crippen LogP contribution is 2.23. The summed E-state index contributed by atoms with van der Waals surface area (Å²) in [7, 11) is 0. The third kappa shape index (κ3) is 3.62. The molecule has 0 saturated carbocycles. The zero-order chi connectivity index (χ0) is 16.2. The van der Waals surface area contributed by atoms with Crippen LogP contribution in [0.1, 0.15) is 19.3 Å². The molecular formula is C16H22N4O3. The lowest BCUT2D eigenvalue weighted by Gasteiger charge is -2.27. The maximum Gasteiger partial charge on any atom is 0.321 e. The topological polar surface area (TPSA) is 96.7 Å². The summed E-state index contributed by atoms with van der Waals surface area (Å²) in [6.07, 6.45) is 1.91. The number of benzene rings is 1. The number of urea groups is 1. The number of rotatable bonds is 4. The van der Waals surface area contributed by atoms with Crippen LogP contribution in [0.5, 0.6) is 0 Å². The van der Waals surface area contributed by atoms with Crippen LogP contribution in [-0.4, -0.2) is 43.8 Å². The number of ether oxygens (including phenoxy) is 1. The molecule has 23 heavy (non-hydrogen) atoms. The van der Waals surface area contributed by atoms with E-state index in [9.17, 15) is 9.59 Å². The number of nitrogens with two attached hydrogens (primary N) is 1. The molecule has 1 aromatic carbocycles. The van der Waals surface area contributed by atoms with Gasteiger partial charge in [-0.25, -0.2) is 4.79 Å². The van der Waals surface area contributed by atoms with Gasteiger partial charge < -0.3 is 21.1 Å². The van der Waals surface area contributed by atoms with Gasteiger partial charge in [0, 0.05) is 31.0 Å². The summed E-state index contributed by atoms with van der Waals surface area (Å²) in [5, 5.41) is 5.67. The van der Waals surface area contributed by atoms with Gasteiger partial charge in [-0.05, 0) is 37.5 Å². The fourth-order valence-electron chi connectivity index (χ4n) is 2.92. The first-order chi connectivity index (χ1) is 11.2. The number of nitrogens with one attached hydrogen (secondary N) is 2. The van der Waals surface area contributed by atoms with Crippen molar-refractivity contribution in [3.8, 4) is 0 Å². The van der Waals surface area contributed by atoms with Crippen molar-refractivity contribution in [3.63, 3.8) is 0 Å². The van der Waals surface area contributed by atoms with Crippen LogP contribution in [0.4, 0.5) is 16.2 Å². The lowest BCUT2D eigenvalue weighted by Crippen LogP contribution is -2.46. The van der Waals surface area contributed by atoms with E-state index in [0.29, 0.717) is 31.7 Å². The largest absolute Gasteiger partial charge is 0.364 e. The zero-order valence-electron chi connectivity index (χ0n) is 13.0. The van der Waals surface area contributed by atoms with Gasteiger partial charge in [-0.15, -0.1) is 0 Å². The first-order valence-electron chi connectivity index (χ1n) is 7.99. The summed E-state index contributed by atoms with van der Waals surface area (Å²) >= 11 is 0. The first-order valence-corrected chi connectivity index (χ1v) is 7.99. The number of carbonyl (C=O) groups is 2. The molecule has 0 unspecified atom stereocenters. The molecule has 2 heterocycles. The normalized spacial score (nSPS) is 24.4. The minimum absolute atomic E-state index is 0.0332. The minimum atomic E-state index is -0.453. The summed E-state index contributed by atoms with van der Waals surface area (Å²) < 4.78 is 5.60. The van der Waals surface area contributed by atoms with Crippen LogP contribution in [0.15, 0.2) is 24.3 Å². The fraction of sp³-hybridized carbons (Fsp3) is 0.500. The van der Waals surface area contributed by atoms with Crippen LogP contribution in [0.25, 0.3) is 0 Å². The molecule has 124 valence electrons. The first kappa shape index (κ1) is 15.8. The molecule has 7 heteroatoms. The zero-order valence-corrected chi connectivity index (χ0v) is 13.0. The number of nitrogens with zero attached hydrogens (tertiary/aromatic N) is 1. The van der Waals surface area contributed by atoms with Crippen LogP contribution in [0.2, 0.25) is 0 Å². The Hall–Kier alpha value is -2.12. The Kier molecular flexibility index (Phi) is 4.78. The van der Waals surface area contributed by atoms with E-state index in [4.69, 9.17) is 10.5 Å². The van der Waals surface area contributed by atoms with E-state index >= 15 is 0 Å². The Labute approximate surface area is 135 Å². The highest BCUT2D eigenvalue weighted by atomic mass is 16.5. The van der Waals surface area contributed by atoms with E-state index in [2.05, 4.69) is 10.6 Å². The third-order valence-electron chi connectivity index (χ3n) is 4.17. The highest BCUT2D eigenvalue weighted by Gasteiger charge is 2.30. The van der Waals surface area contributed by atoms with Gasteiger partial charge in [-0.1, -0.05) is 6.07 Å². The van der Waals surface area contributed by atoms with Gasteiger partial charge in [0.2, 0.25) is 0 Å². The van der Waals surface area contributed by atoms with Crippen molar-refractivity contribution < 1.29 is 14.3 Å². The second-order valence-corrected chi connectivity index (χ2v) is 5.84. The number of carbonyl (C=O) groups excluding carboxylic acids is 2. The van der Waals surface area contributed by atoms with Crippen molar-refractivity contribution in [2.75, 3.05) is 29.9 Å². The van der Waals surface area contributed by atoms with Gasteiger partial charge in [0.25, 0.3) is 5.91 Å². The SMILES string of the molecule is NC[C@H]1CC[C@@H](C(=O)Nc2cccc(N3CCCNC3=O)c2)O1. The molecule has 2 saturated heterocycles. The van der Waals surface area contributed by atoms with E-state index in [1.54, 1.807) is 17.0 Å². The van der Waals surface area contributed by atoms with Gasteiger partial charge in [0.1, 0.15) is 6.10 Å². The second-order valence-electron chi connectivity index (χ2n) is 5.84. The molecule has 2 aliphatic heterocycles. The molecule has 0 bridgehead atoms. The quantitative estimate of drug-likeness (QED) is 0.773. The van der Waals surface area contributed by atoms with Crippen LogP contribution in [-0.2, 0) is 9.53 Å². The molecule has 1 aromatic rings. The predicted molar refractivity (Wildman–Crippen MR) is 87.4 cm³/mol. The highest BCUT2D eigenvalue weighted by molar-refractivity contribution is 5.96. The maximum atomic E-state index is 12.3. The molecule has 0 spiro atoms. The summed E-state index contributed by atoms with van der Waals surface area (Å²) in [5.74, 6) is -0.166. The summed E-state index contributed by atoms with van der Waals surface area (Å²) in [6.45, 7) is 1.81. The van der Waals surface area contributed by atoms with Gasteiger partial charge in [0.05, 0.1) is 6.10 Å². The molecule has 0 radical (unpaired) electrons. The maximum absolute atomic E-state index is 12.3. The monoisotopic (exact) mass is 318 g/mol. The van der Waals surface area contributed by atoms with E-state index in [0.717, 1.165) is 18.5 Å². The van der Waals surface area contributed by atoms with Crippen LogP contribution in [0.3, 0.4) is 0 Å². The average molecular weight is 318 g/mol. The van der Waals surface area contributed by atoms with Crippen molar-refractivity contribution in [3.05, 3.63) is 24.3 Å². The van der Waals surface area contributed by atoms with E-state index < -0.39 is 6.10 Å². The summed E-state index contributed by atoms with van der Waals surface area (Å²) in [4.78, 5) is 25.8. The molecule has 0 aliphatic carbocycles. The second kappa shape index (κ2) is 6.97. The van der Waals surface area contributed by atoms with E-state index in [1.165, 1.54) is 0 Å². The molecular weight excluding hydrogens is 296 g/mol. The summed E-state index contributed by atoms with van der Waals surface area (Å²) in [6, 6.07) is 7.18. The van der Waals surface area contributed by atoms with Gasteiger partial charge >= 0.3 is 6.03 Å². The lowest BCUT2D eigenvalue weighted by molar-refractivity contribution is -0.126. The Morgan fingerprint density at radius 1 is 1.43 bits per heavy atom. The van der Waals surface area contributed by atoms with Crippen molar-refractivity contribution in [1.29, 1.82) is 0 Å². The molecule has 0 aromatic heterocycles. The molecule has 2 atom stereocenters. The van der Waals surface area contributed by atoms with Crippen LogP contribution < -0.4 is 21.3 Å². The fourth-order valence-corrected chi connectivity index (χ4v) is 2.92. The number of hydrogen-bond acceptors (Lipinski definition) is 4. The predicted octanol–water partition coefficient (Wildman–Crippen LogP) is 1.05. The number of hydrogen-bond donors (Lipinski definition) is 3. The summed E-state index contributed by atoms with van der Waals surface area (Å²) in [5.41, 5.74) is 6.99. The van der Waals surface area contributed by atoms with Crippen molar-refractivity contribution >= 4 is 23.3 Å². The molecule has 4 N–H and O–H groups in total. The van der Waals surface area contributed by atoms with Crippen molar-refractivity contribution in [2.45, 2.75) is 31.5 Å². The Morgan fingerprint density at radius 2 is 2.30 bits per heavy atom. The lowest BCUT2D eigenvalue weighted by atomic mass is 10.2. The molecule has 2 aliphatic rings. The number of anilines is 2. The van der Waals surface area contributed by atoms with Crippen molar-refractivity contribution in [1.82, 2.24) is 5.32 Å². The Morgan fingerprint density at radius 3 is 3.04 bits per heavy atom. The van der Waals surface area contributed by atoms with E-state index in [1.807, 2.05) is 12.1 Å². The van der Waals surface area contributed by atoms with Gasteiger partial charge in [0.15, 0.2) is 0 Å². The molecule has 3 amide bonds. The average Bonchev–Trinajstić information content (AvgIpc) is 3.05. The van der Waals surface area contributed by atoms with Crippen LogP contribution >= 0.6 is 0 Å². The molecule has 3 rings (SSSR count). The standard InChI is InChI=1S/C16H22N4O3/c17-10-13-5-6-14(23-13)15(21)19-11-3-1-4-12(9-11)20-8-2-7-18-16(20)22/h1,3-4,9,13-14H,2,5-8,10,17H2,(H,18,22)(H,19,21)/t13-,14+/m1/s1. The number of amides is 3. The minimum Gasteiger partial charge on any atom is -0.364 e. The Bertz CT molecular complexity index is 592. The smallest absolute Gasteiger partial charge is 0.321 e.